The Kier molecular flexibility index (Phi) is 2.24. The second kappa shape index (κ2) is 3.42. The third kappa shape index (κ3) is 1.38. The lowest BCUT2D eigenvalue weighted by molar-refractivity contribution is -0.407. The van der Waals surface area contributed by atoms with Crippen LogP contribution in [0.1, 0.15) is 26.7 Å². The van der Waals surface area contributed by atoms with E-state index in [1.54, 1.807) is 0 Å². The standard InChI is InChI=1S/C11H16O5/c1-3-13-9(12)11(10-14-6(2)15-10)4-7-8(5-11)16-7/h6-8,10H,3-5H2,1-2H3. The molecule has 90 valence electrons. The molecule has 5 heteroatoms. The van der Waals surface area contributed by atoms with Crippen molar-refractivity contribution in [2.24, 2.45) is 5.41 Å². The topological polar surface area (TPSA) is 57.3 Å². The molecule has 1 aliphatic carbocycles. The Balaban J connectivity index is 1.75. The molecule has 1 saturated carbocycles. The zero-order chi connectivity index (χ0) is 11.3. The van der Waals surface area contributed by atoms with Crippen molar-refractivity contribution in [3.05, 3.63) is 0 Å². The lowest BCUT2D eigenvalue weighted by Gasteiger charge is -2.44. The van der Waals surface area contributed by atoms with Gasteiger partial charge in [-0.3, -0.25) is 4.79 Å². The minimum Gasteiger partial charge on any atom is -0.465 e. The highest BCUT2D eigenvalue weighted by molar-refractivity contribution is 5.78. The van der Waals surface area contributed by atoms with Crippen molar-refractivity contribution in [2.45, 2.75) is 51.5 Å². The lowest BCUT2D eigenvalue weighted by Crippen LogP contribution is -2.54. The number of rotatable bonds is 3. The molecule has 2 heterocycles. The van der Waals surface area contributed by atoms with Gasteiger partial charge in [0.05, 0.1) is 18.8 Å². The van der Waals surface area contributed by atoms with Gasteiger partial charge < -0.3 is 18.9 Å². The molecule has 2 atom stereocenters. The molecule has 0 radical (unpaired) electrons. The molecule has 2 aliphatic heterocycles. The van der Waals surface area contributed by atoms with E-state index >= 15 is 0 Å². The molecule has 3 rings (SSSR count). The number of carbonyl (C=O) groups is 1. The molecule has 0 N–H and O–H groups in total. The monoisotopic (exact) mass is 228 g/mol. The van der Waals surface area contributed by atoms with E-state index in [1.165, 1.54) is 0 Å². The highest BCUT2D eigenvalue weighted by Crippen LogP contribution is 2.55. The van der Waals surface area contributed by atoms with Crippen LogP contribution in [-0.4, -0.2) is 37.4 Å². The maximum Gasteiger partial charge on any atom is 0.317 e. The van der Waals surface area contributed by atoms with E-state index in [-0.39, 0.29) is 24.5 Å². The summed E-state index contributed by atoms with van der Waals surface area (Å²) in [7, 11) is 0. The molecule has 0 spiro atoms. The molecule has 3 aliphatic rings. The van der Waals surface area contributed by atoms with Crippen molar-refractivity contribution >= 4 is 5.97 Å². The van der Waals surface area contributed by atoms with Crippen molar-refractivity contribution in [3.63, 3.8) is 0 Å². The molecule has 0 bridgehead atoms. The van der Waals surface area contributed by atoms with Crippen LogP contribution in [0.25, 0.3) is 0 Å². The Hall–Kier alpha value is -0.650. The van der Waals surface area contributed by atoms with Gasteiger partial charge in [0.15, 0.2) is 12.6 Å². The molecule has 2 unspecified atom stereocenters. The van der Waals surface area contributed by atoms with Gasteiger partial charge >= 0.3 is 5.97 Å². The molecule has 5 nitrogen and oxygen atoms in total. The summed E-state index contributed by atoms with van der Waals surface area (Å²) in [5.41, 5.74) is -0.629. The minimum atomic E-state index is -0.629. The summed E-state index contributed by atoms with van der Waals surface area (Å²) in [5, 5.41) is 0. The summed E-state index contributed by atoms with van der Waals surface area (Å²) in [6, 6.07) is 0. The second-order valence-electron chi connectivity index (χ2n) is 4.67. The van der Waals surface area contributed by atoms with Crippen molar-refractivity contribution < 1.29 is 23.7 Å². The lowest BCUT2D eigenvalue weighted by atomic mass is 9.83. The van der Waals surface area contributed by atoms with E-state index in [1.807, 2.05) is 13.8 Å². The summed E-state index contributed by atoms with van der Waals surface area (Å²) in [6.45, 7) is 4.02. The Morgan fingerprint density at radius 2 is 1.94 bits per heavy atom. The molecule has 0 aromatic heterocycles. The molecule has 0 amide bonds. The molecule has 16 heavy (non-hydrogen) atoms. The minimum absolute atomic E-state index is 0.201. The number of esters is 1. The van der Waals surface area contributed by atoms with Crippen LogP contribution in [0.3, 0.4) is 0 Å². The third-order valence-electron chi connectivity index (χ3n) is 3.58. The molecular formula is C11H16O5. The number of fused-ring (bicyclic) bond motifs is 1. The fourth-order valence-corrected chi connectivity index (χ4v) is 2.69. The average molecular weight is 228 g/mol. The van der Waals surface area contributed by atoms with E-state index in [0.717, 1.165) is 0 Å². The SMILES string of the molecule is CCOC(=O)C1(C2OC(C)O2)CC2OC2C1. The normalized spacial score (nSPS) is 49.4. The van der Waals surface area contributed by atoms with Crippen LogP contribution in [-0.2, 0) is 23.7 Å². The number of ether oxygens (including phenoxy) is 4. The van der Waals surface area contributed by atoms with Gasteiger partial charge in [-0.05, 0) is 26.7 Å². The highest BCUT2D eigenvalue weighted by Gasteiger charge is 2.66. The highest BCUT2D eigenvalue weighted by atomic mass is 16.9. The van der Waals surface area contributed by atoms with Crippen molar-refractivity contribution in [1.29, 1.82) is 0 Å². The number of hydrogen-bond acceptors (Lipinski definition) is 5. The Bertz CT molecular complexity index is 299. The Labute approximate surface area is 94.0 Å². The predicted octanol–water partition coefficient (Wildman–Crippen LogP) is 0.816. The summed E-state index contributed by atoms with van der Waals surface area (Å²) >= 11 is 0. The summed E-state index contributed by atoms with van der Waals surface area (Å²) in [4.78, 5) is 12.0. The fraction of sp³-hybridized carbons (Fsp3) is 0.909. The van der Waals surface area contributed by atoms with Crippen molar-refractivity contribution in [3.8, 4) is 0 Å². The zero-order valence-corrected chi connectivity index (χ0v) is 9.47. The average Bonchev–Trinajstić information content (AvgIpc) is 2.82. The zero-order valence-electron chi connectivity index (χ0n) is 9.47. The van der Waals surface area contributed by atoms with E-state index in [2.05, 4.69) is 0 Å². The van der Waals surface area contributed by atoms with Crippen LogP contribution in [0.4, 0.5) is 0 Å². The van der Waals surface area contributed by atoms with Crippen LogP contribution in [0.15, 0.2) is 0 Å². The molecule has 3 fully saturated rings. The number of hydrogen-bond donors (Lipinski definition) is 0. The van der Waals surface area contributed by atoms with Gasteiger partial charge in [-0.25, -0.2) is 0 Å². The van der Waals surface area contributed by atoms with Crippen LogP contribution in [0.2, 0.25) is 0 Å². The quantitative estimate of drug-likeness (QED) is 0.528. The number of carbonyl (C=O) groups excluding carboxylic acids is 1. The largest absolute Gasteiger partial charge is 0.465 e. The van der Waals surface area contributed by atoms with Crippen LogP contribution in [0, 0.1) is 5.41 Å². The van der Waals surface area contributed by atoms with Gasteiger partial charge in [0.2, 0.25) is 0 Å². The van der Waals surface area contributed by atoms with Crippen LogP contribution < -0.4 is 0 Å². The Morgan fingerprint density at radius 1 is 1.31 bits per heavy atom. The first-order valence-corrected chi connectivity index (χ1v) is 5.79. The molecular weight excluding hydrogens is 212 g/mol. The number of epoxide rings is 1. The van der Waals surface area contributed by atoms with Gasteiger partial charge in [-0.2, -0.15) is 0 Å². The molecule has 0 aromatic carbocycles. The Morgan fingerprint density at radius 3 is 2.44 bits per heavy atom. The molecule has 2 saturated heterocycles. The van der Waals surface area contributed by atoms with Crippen molar-refractivity contribution in [1.82, 2.24) is 0 Å². The molecule has 0 aromatic rings. The summed E-state index contributed by atoms with van der Waals surface area (Å²) < 4.78 is 21.5. The first-order chi connectivity index (χ1) is 7.65. The van der Waals surface area contributed by atoms with Crippen LogP contribution >= 0.6 is 0 Å². The maximum atomic E-state index is 12.0. The van der Waals surface area contributed by atoms with Gasteiger partial charge in [-0.1, -0.05) is 0 Å². The fourth-order valence-electron chi connectivity index (χ4n) is 2.69. The van der Waals surface area contributed by atoms with E-state index < -0.39 is 11.7 Å². The van der Waals surface area contributed by atoms with Crippen molar-refractivity contribution in [2.75, 3.05) is 6.61 Å². The van der Waals surface area contributed by atoms with Gasteiger partial charge in [0, 0.05) is 0 Å². The van der Waals surface area contributed by atoms with E-state index in [9.17, 15) is 4.79 Å². The van der Waals surface area contributed by atoms with Gasteiger partial charge in [0.1, 0.15) is 5.41 Å². The summed E-state index contributed by atoms with van der Waals surface area (Å²) in [6.07, 6.45) is 1.06. The summed E-state index contributed by atoms with van der Waals surface area (Å²) in [5.74, 6) is -0.206. The third-order valence-corrected chi connectivity index (χ3v) is 3.58. The maximum absolute atomic E-state index is 12.0. The van der Waals surface area contributed by atoms with E-state index in [4.69, 9.17) is 18.9 Å². The first-order valence-electron chi connectivity index (χ1n) is 5.79. The first kappa shape index (κ1) is 10.5. The van der Waals surface area contributed by atoms with Gasteiger partial charge in [-0.15, -0.1) is 0 Å². The smallest absolute Gasteiger partial charge is 0.317 e. The van der Waals surface area contributed by atoms with E-state index in [0.29, 0.717) is 19.4 Å². The van der Waals surface area contributed by atoms with Gasteiger partial charge in [0.25, 0.3) is 0 Å². The second-order valence-corrected chi connectivity index (χ2v) is 4.67. The predicted molar refractivity (Wildman–Crippen MR) is 52.4 cm³/mol. The van der Waals surface area contributed by atoms with Crippen LogP contribution in [0.5, 0.6) is 0 Å².